The van der Waals surface area contributed by atoms with Crippen LogP contribution in [0.5, 0.6) is 0 Å². The molecule has 19 heavy (non-hydrogen) atoms. The van der Waals surface area contributed by atoms with Gasteiger partial charge in [0.15, 0.2) is 0 Å². The Balaban J connectivity index is 1.77. The molecular formula is C16H16BrNO. The highest BCUT2D eigenvalue weighted by Gasteiger charge is 2.14. The van der Waals surface area contributed by atoms with Crippen LogP contribution in [-0.2, 0) is 19.3 Å². The van der Waals surface area contributed by atoms with Crippen LogP contribution in [0.2, 0.25) is 0 Å². The van der Waals surface area contributed by atoms with Crippen molar-refractivity contribution in [2.24, 2.45) is 0 Å². The minimum Gasteiger partial charge on any atom is -0.388 e. The number of rotatable bonds is 3. The maximum absolute atomic E-state index is 10.3. The lowest BCUT2D eigenvalue weighted by Crippen LogP contribution is -2.03. The molecule has 1 heterocycles. The van der Waals surface area contributed by atoms with Crippen LogP contribution in [0.3, 0.4) is 0 Å². The second kappa shape index (κ2) is 5.43. The van der Waals surface area contributed by atoms with Gasteiger partial charge in [0.25, 0.3) is 0 Å². The number of fused-ring (bicyclic) bond motifs is 1. The number of aliphatic hydroxyl groups excluding tert-OH is 1. The van der Waals surface area contributed by atoms with Gasteiger partial charge in [-0.2, -0.15) is 0 Å². The first-order valence-corrected chi connectivity index (χ1v) is 7.41. The van der Waals surface area contributed by atoms with Gasteiger partial charge in [0, 0.05) is 28.9 Å². The summed E-state index contributed by atoms with van der Waals surface area (Å²) < 4.78 is 0.901. The highest BCUT2D eigenvalue weighted by atomic mass is 79.9. The summed E-state index contributed by atoms with van der Waals surface area (Å²) in [4.78, 5) is 4.10. The van der Waals surface area contributed by atoms with Crippen molar-refractivity contribution in [3.63, 3.8) is 0 Å². The Morgan fingerprint density at radius 3 is 2.84 bits per heavy atom. The van der Waals surface area contributed by atoms with Gasteiger partial charge in [0.1, 0.15) is 0 Å². The smallest absolute Gasteiger partial charge is 0.0845 e. The van der Waals surface area contributed by atoms with Crippen LogP contribution in [0.15, 0.2) is 41.1 Å². The Hall–Kier alpha value is -1.19. The first-order valence-electron chi connectivity index (χ1n) is 6.61. The molecule has 1 aliphatic carbocycles. The van der Waals surface area contributed by atoms with E-state index in [9.17, 15) is 5.11 Å². The van der Waals surface area contributed by atoms with E-state index in [0.29, 0.717) is 6.42 Å². The monoisotopic (exact) mass is 317 g/mol. The number of hydrogen-bond donors (Lipinski definition) is 1. The molecule has 1 unspecified atom stereocenters. The SMILES string of the molecule is OC(Cc1ccc2c(c1)CCC2)c1cncc(Br)c1. The van der Waals surface area contributed by atoms with Crippen LogP contribution < -0.4 is 0 Å². The molecule has 2 aromatic rings. The Morgan fingerprint density at radius 1 is 1.16 bits per heavy atom. The molecule has 0 spiro atoms. The van der Waals surface area contributed by atoms with Crippen LogP contribution in [0.25, 0.3) is 0 Å². The van der Waals surface area contributed by atoms with E-state index in [2.05, 4.69) is 39.1 Å². The molecule has 98 valence electrons. The zero-order valence-electron chi connectivity index (χ0n) is 10.6. The fourth-order valence-electron chi connectivity index (χ4n) is 2.70. The zero-order chi connectivity index (χ0) is 13.2. The fourth-order valence-corrected chi connectivity index (χ4v) is 3.09. The standard InChI is InChI=1S/C16H16BrNO/c17-15-8-14(9-18-10-15)16(19)7-11-4-5-12-2-1-3-13(12)6-11/h4-6,8-10,16,19H,1-3,7H2. The largest absolute Gasteiger partial charge is 0.388 e. The fraction of sp³-hybridized carbons (Fsp3) is 0.312. The number of aliphatic hydroxyl groups is 1. The molecule has 1 N–H and O–H groups in total. The van der Waals surface area contributed by atoms with Gasteiger partial charge in [0.05, 0.1) is 6.10 Å². The summed E-state index contributed by atoms with van der Waals surface area (Å²) in [5, 5.41) is 10.3. The van der Waals surface area contributed by atoms with Crippen LogP contribution in [0, 0.1) is 0 Å². The van der Waals surface area contributed by atoms with E-state index in [-0.39, 0.29) is 0 Å². The molecule has 2 nitrogen and oxygen atoms in total. The van der Waals surface area contributed by atoms with E-state index in [1.165, 1.54) is 36.0 Å². The van der Waals surface area contributed by atoms with Crippen molar-refractivity contribution in [3.05, 3.63) is 63.4 Å². The molecule has 1 aromatic carbocycles. The van der Waals surface area contributed by atoms with Crippen LogP contribution in [-0.4, -0.2) is 10.1 Å². The Labute approximate surface area is 121 Å². The van der Waals surface area contributed by atoms with Crippen LogP contribution >= 0.6 is 15.9 Å². The first kappa shape index (κ1) is 12.8. The highest BCUT2D eigenvalue weighted by molar-refractivity contribution is 9.10. The number of aromatic nitrogens is 1. The van der Waals surface area contributed by atoms with E-state index >= 15 is 0 Å². The average molecular weight is 318 g/mol. The molecule has 0 amide bonds. The van der Waals surface area contributed by atoms with Crippen molar-refractivity contribution in [1.82, 2.24) is 4.98 Å². The summed E-state index contributed by atoms with van der Waals surface area (Å²) in [6, 6.07) is 8.52. The highest BCUT2D eigenvalue weighted by Crippen LogP contribution is 2.26. The molecular weight excluding hydrogens is 302 g/mol. The third-order valence-corrected chi connectivity index (χ3v) is 4.14. The maximum Gasteiger partial charge on any atom is 0.0845 e. The lowest BCUT2D eigenvalue weighted by Gasteiger charge is -2.12. The van der Waals surface area contributed by atoms with Crippen LogP contribution in [0.4, 0.5) is 0 Å². The quantitative estimate of drug-likeness (QED) is 0.938. The number of hydrogen-bond acceptors (Lipinski definition) is 2. The van der Waals surface area contributed by atoms with E-state index in [1.54, 1.807) is 12.4 Å². The summed E-state index contributed by atoms with van der Waals surface area (Å²) in [6.07, 6.45) is 7.24. The van der Waals surface area contributed by atoms with Crippen molar-refractivity contribution in [2.45, 2.75) is 31.8 Å². The molecule has 1 aliphatic rings. The van der Waals surface area contributed by atoms with E-state index < -0.39 is 6.10 Å². The molecule has 0 bridgehead atoms. The van der Waals surface area contributed by atoms with E-state index in [1.807, 2.05) is 6.07 Å². The van der Waals surface area contributed by atoms with Crippen LogP contribution in [0.1, 0.15) is 34.8 Å². The number of halogens is 1. The Bertz CT molecular complexity index is 597. The second-order valence-electron chi connectivity index (χ2n) is 5.11. The summed E-state index contributed by atoms with van der Waals surface area (Å²) in [5.74, 6) is 0. The summed E-state index contributed by atoms with van der Waals surface area (Å²) >= 11 is 3.38. The number of nitrogens with zero attached hydrogens (tertiary/aromatic N) is 1. The molecule has 1 atom stereocenters. The molecule has 0 saturated carbocycles. The normalized spacial score (nSPS) is 15.3. The molecule has 3 rings (SSSR count). The molecule has 0 aliphatic heterocycles. The predicted octanol–water partition coefficient (Wildman–Crippen LogP) is 3.61. The van der Waals surface area contributed by atoms with Crippen molar-refractivity contribution >= 4 is 15.9 Å². The van der Waals surface area contributed by atoms with E-state index in [0.717, 1.165) is 10.0 Å². The Morgan fingerprint density at radius 2 is 2.00 bits per heavy atom. The molecule has 1 aromatic heterocycles. The molecule has 0 fully saturated rings. The van der Waals surface area contributed by atoms with Crippen molar-refractivity contribution < 1.29 is 5.11 Å². The lowest BCUT2D eigenvalue weighted by molar-refractivity contribution is 0.178. The van der Waals surface area contributed by atoms with Gasteiger partial charge in [-0.15, -0.1) is 0 Å². The minimum absolute atomic E-state index is 0.496. The molecule has 0 saturated heterocycles. The van der Waals surface area contributed by atoms with Crippen molar-refractivity contribution in [1.29, 1.82) is 0 Å². The first-order chi connectivity index (χ1) is 9.22. The summed E-state index contributed by atoms with van der Waals surface area (Å²) in [5.41, 5.74) is 4.99. The third-order valence-electron chi connectivity index (χ3n) is 3.70. The van der Waals surface area contributed by atoms with E-state index in [4.69, 9.17) is 0 Å². The number of pyridine rings is 1. The third kappa shape index (κ3) is 2.88. The minimum atomic E-state index is -0.496. The van der Waals surface area contributed by atoms with Gasteiger partial charge < -0.3 is 5.11 Å². The Kier molecular flexibility index (Phi) is 3.67. The van der Waals surface area contributed by atoms with Gasteiger partial charge in [-0.05, 0) is 57.9 Å². The van der Waals surface area contributed by atoms with Crippen molar-refractivity contribution in [3.8, 4) is 0 Å². The maximum atomic E-state index is 10.3. The topological polar surface area (TPSA) is 33.1 Å². The number of benzene rings is 1. The van der Waals surface area contributed by atoms with Gasteiger partial charge in [-0.1, -0.05) is 18.2 Å². The van der Waals surface area contributed by atoms with Crippen molar-refractivity contribution in [2.75, 3.05) is 0 Å². The van der Waals surface area contributed by atoms with Gasteiger partial charge >= 0.3 is 0 Å². The summed E-state index contributed by atoms with van der Waals surface area (Å²) in [7, 11) is 0. The lowest BCUT2D eigenvalue weighted by atomic mass is 9.99. The van der Waals surface area contributed by atoms with Gasteiger partial charge in [-0.3, -0.25) is 4.98 Å². The molecule has 3 heteroatoms. The number of aryl methyl sites for hydroxylation is 2. The average Bonchev–Trinajstić information content (AvgIpc) is 2.86. The van der Waals surface area contributed by atoms with Gasteiger partial charge in [0.2, 0.25) is 0 Å². The zero-order valence-corrected chi connectivity index (χ0v) is 12.2. The second-order valence-corrected chi connectivity index (χ2v) is 6.03. The summed E-state index contributed by atoms with van der Waals surface area (Å²) in [6.45, 7) is 0. The predicted molar refractivity (Wildman–Crippen MR) is 79.1 cm³/mol. The molecule has 0 radical (unpaired) electrons. The van der Waals surface area contributed by atoms with Gasteiger partial charge in [-0.25, -0.2) is 0 Å².